The van der Waals surface area contributed by atoms with E-state index in [9.17, 15) is 4.79 Å². The van der Waals surface area contributed by atoms with Gasteiger partial charge in [-0.25, -0.2) is 4.68 Å². The molecule has 0 aliphatic carbocycles. The Morgan fingerprint density at radius 2 is 1.92 bits per heavy atom. The predicted molar refractivity (Wildman–Crippen MR) is 138 cm³/mol. The average Bonchev–Trinajstić information content (AvgIpc) is 3.57. The van der Waals surface area contributed by atoms with Crippen LogP contribution in [-0.2, 0) is 26.1 Å². The number of fused-ring (bicyclic) bond motifs is 1. The molecule has 8 nitrogen and oxygen atoms in total. The molecule has 1 N–H and O–H groups in total. The van der Waals surface area contributed by atoms with E-state index >= 15 is 0 Å². The molecule has 0 bridgehead atoms. The van der Waals surface area contributed by atoms with Crippen LogP contribution in [0.25, 0.3) is 10.9 Å². The van der Waals surface area contributed by atoms with Crippen LogP contribution in [0.5, 0.6) is 0 Å². The van der Waals surface area contributed by atoms with E-state index in [1.807, 2.05) is 60.1 Å². The van der Waals surface area contributed by atoms with Gasteiger partial charge in [0.15, 0.2) is 5.82 Å². The van der Waals surface area contributed by atoms with Crippen molar-refractivity contribution in [3.05, 3.63) is 112 Å². The van der Waals surface area contributed by atoms with E-state index in [4.69, 9.17) is 4.42 Å². The Kier molecular flexibility index (Phi) is 7.04. The Bertz CT molecular complexity index is 1470. The maximum atomic E-state index is 13.1. The van der Waals surface area contributed by atoms with Crippen LogP contribution < -0.4 is 5.56 Å². The van der Waals surface area contributed by atoms with Crippen LogP contribution in [0.1, 0.15) is 47.7 Å². The summed E-state index contributed by atoms with van der Waals surface area (Å²) in [6, 6.07) is 22.1. The zero-order chi connectivity index (χ0) is 24.9. The lowest BCUT2D eigenvalue weighted by Gasteiger charge is -2.29. The third-order valence-electron chi connectivity index (χ3n) is 6.53. The molecule has 0 amide bonds. The lowest BCUT2D eigenvalue weighted by Crippen LogP contribution is -2.32. The summed E-state index contributed by atoms with van der Waals surface area (Å²) in [7, 11) is 0. The normalized spacial score (nSPS) is 12.4. The van der Waals surface area contributed by atoms with Gasteiger partial charge in [0.1, 0.15) is 5.76 Å². The number of aromatic amines is 1. The molecule has 0 spiro atoms. The molecule has 0 unspecified atom stereocenters. The molecule has 5 rings (SSSR count). The molecule has 184 valence electrons. The summed E-state index contributed by atoms with van der Waals surface area (Å²) in [6.45, 7) is 5.77. The van der Waals surface area contributed by atoms with Crippen molar-refractivity contribution in [2.45, 2.75) is 52.4 Å². The van der Waals surface area contributed by atoms with E-state index < -0.39 is 0 Å². The Morgan fingerprint density at radius 3 is 2.69 bits per heavy atom. The van der Waals surface area contributed by atoms with E-state index in [1.54, 1.807) is 6.26 Å². The Labute approximate surface area is 209 Å². The fraction of sp³-hybridized carbons (Fsp3) is 0.286. The van der Waals surface area contributed by atoms with Gasteiger partial charge in [0.2, 0.25) is 0 Å². The number of benzene rings is 2. The third kappa shape index (κ3) is 5.28. The molecule has 0 saturated heterocycles. The SMILES string of the molecule is CC[C@@H](c1nnnn1CCc1ccccc1)N(Cc1ccco1)Cc1cc2ccc(C)cc2[nH]c1=O. The summed E-state index contributed by atoms with van der Waals surface area (Å²) < 4.78 is 7.56. The van der Waals surface area contributed by atoms with E-state index in [0.717, 1.165) is 40.9 Å². The molecule has 0 radical (unpaired) electrons. The highest BCUT2D eigenvalue weighted by Crippen LogP contribution is 2.27. The molecule has 0 aliphatic rings. The van der Waals surface area contributed by atoms with E-state index in [0.29, 0.717) is 25.2 Å². The topological polar surface area (TPSA) is 92.8 Å². The number of H-pyrrole nitrogens is 1. The standard InChI is InChI=1S/C28H30N6O2/c1-3-26(27-30-31-32-34(27)14-13-21-8-5-4-6-9-21)33(19-24-10-7-15-36-24)18-23-17-22-12-11-20(2)16-25(22)29-28(23)35/h4-12,15-17,26H,3,13-14,18-19H2,1-2H3,(H,29,35)/t26-/m0/s1. The first kappa shape index (κ1) is 23.7. The number of furan rings is 1. The second-order valence-corrected chi connectivity index (χ2v) is 9.12. The summed E-state index contributed by atoms with van der Waals surface area (Å²) >= 11 is 0. The molecule has 36 heavy (non-hydrogen) atoms. The molecule has 5 aromatic rings. The monoisotopic (exact) mass is 482 g/mol. The Balaban J connectivity index is 1.45. The van der Waals surface area contributed by atoms with E-state index in [-0.39, 0.29) is 11.6 Å². The zero-order valence-corrected chi connectivity index (χ0v) is 20.6. The lowest BCUT2D eigenvalue weighted by molar-refractivity contribution is 0.148. The van der Waals surface area contributed by atoms with Gasteiger partial charge in [-0.2, -0.15) is 0 Å². The van der Waals surface area contributed by atoms with E-state index in [1.165, 1.54) is 5.56 Å². The van der Waals surface area contributed by atoms with Gasteiger partial charge in [0.25, 0.3) is 5.56 Å². The predicted octanol–water partition coefficient (Wildman–Crippen LogP) is 4.81. The first-order chi connectivity index (χ1) is 17.6. The number of hydrogen-bond donors (Lipinski definition) is 1. The summed E-state index contributed by atoms with van der Waals surface area (Å²) in [6.07, 6.45) is 3.28. The summed E-state index contributed by atoms with van der Waals surface area (Å²) in [5.74, 6) is 1.61. The van der Waals surface area contributed by atoms with Gasteiger partial charge in [0, 0.05) is 24.2 Å². The number of nitrogens with one attached hydrogen (secondary N) is 1. The Hall–Kier alpha value is -4.04. The number of pyridine rings is 1. The van der Waals surface area contributed by atoms with Gasteiger partial charge >= 0.3 is 0 Å². The van der Waals surface area contributed by atoms with Gasteiger partial charge in [0.05, 0.1) is 18.8 Å². The van der Waals surface area contributed by atoms with Crippen LogP contribution in [0.3, 0.4) is 0 Å². The minimum Gasteiger partial charge on any atom is -0.468 e. The first-order valence-corrected chi connectivity index (χ1v) is 12.3. The maximum Gasteiger partial charge on any atom is 0.252 e. The second-order valence-electron chi connectivity index (χ2n) is 9.12. The summed E-state index contributed by atoms with van der Waals surface area (Å²) in [5.41, 5.74) is 3.80. The molecule has 0 saturated carbocycles. The third-order valence-corrected chi connectivity index (χ3v) is 6.53. The van der Waals surface area contributed by atoms with Gasteiger partial charge in [-0.15, -0.1) is 5.10 Å². The second kappa shape index (κ2) is 10.7. The van der Waals surface area contributed by atoms with Gasteiger partial charge in [-0.3, -0.25) is 9.69 Å². The van der Waals surface area contributed by atoms with Crippen molar-refractivity contribution >= 4 is 10.9 Å². The molecular weight excluding hydrogens is 452 g/mol. The molecule has 8 heteroatoms. The summed E-state index contributed by atoms with van der Waals surface area (Å²) in [5, 5.41) is 13.7. The lowest BCUT2D eigenvalue weighted by atomic mass is 10.1. The van der Waals surface area contributed by atoms with Crippen LogP contribution in [0.15, 0.2) is 82.2 Å². The summed E-state index contributed by atoms with van der Waals surface area (Å²) in [4.78, 5) is 18.3. The van der Waals surface area contributed by atoms with Crippen molar-refractivity contribution in [2.75, 3.05) is 0 Å². The van der Waals surface area contributed by atoms with Crippen LogP contribution in [-0.4, -0.2) is 30.1 Å². The minimum atomic E-state index is -0.103. The van der Waals surface area contributed by atoms with Crippen molar-refractivity contribution < 1.29 is 4.42 Å². The van der Waals surface area contributed by atoms with E-state index in [2.05, 4.69) is 50.5 Å². The van der Waals surface area contributed by atoms with Crippen LogP contribution in [0.2, 0.25) is 0 Å². The van der Waals surface area contributed by atoms with Gasteiger partial charge < -0.3 is 9.40 Å². The van der Waals surface area contributed by atoms with Crippen molar-refractivity contribution in [1.29, 1.82) is 0 Å². The number of tetrazole rings is 1. The van der Waals surface area contributed by atoms with Crippen molar-refractivity contribution in [3.8, 4) is 0 Å². The van der Waals surface area contributed by atoms with Gasteiger partial charge in [-0.1, -0.05) is 49.4 Å². The molecule has 3 aromatic heterocycles. The van der Waals surface area contributed by atoms with Crippen LogP contribution in [0, 0.1) is 6.92 Å². The van der Waals surface area contributed by atoms with Crippen molar-refractivity contribution in [2.24, 2.45) is 0 Å². The number of rotatable bonds is 10. The minimum absolute atomic E-state index is 0.0870. The molecule has 1 atom stereocenters. The fourth-order valence-corrected chi connectivity index (χ4v) is 4.67. The van der Waals surface area contributed by atoms with Crippen molar-refractivity contribution in [1.82, 2.24) is 30.1 Å². The molecule has 3 heterocycles. The number of nitrogens with zero attached hydrogens (tertiary/aromatic N) is 5. The number of aromatic nitrogens is 5. The molecule has 0 fully saturated rings. The highest BCUT2D eigenvalue weighted by molar-refractivity contribution is 5.79. The van der Waals surface area contributed by atoms with Gasteiger partial charge in [-0.05, 0) is 71.0 Å². The zero-order valence-electron chi connectivity index (χ0n) is 20.6. The van der Waals surface area contributed by atoms with Crippen LogP contribution in [0.4, 0.5) is 0 Å². The quantitative estimate of drug-likeness (QED) is 0.307. The van der Waals surface area contributed by atoms with Crippen molar-refractivity contribution in [3.63, 3.8) is 0 Å². The highest BCUT2D eigenvalue weighted by Gasteiger charge is 2.26. The average molecular weight is 483 g/mol. The first-order valence-electron chi connectivity index (χ1n) is 12.3. The molecule has 0 aliphatic heterocycles. The number of hydrogen-bond acceptors (Lipinski definition) is 6. The molecule has 2 aromatic carbocycles. The van der Waals surface area contributed by atoms with Crippen LogP contribution >= 0.6 is 0 Å². The maximum absolute atomic E-state index is 13.1. The molecular formula is C28H30N6O2. The number of aryl methyl sites for hydroxylation is 3. The fourth-order valence-electron chi connectivity index (χ4n) is 4.67. The largest absolute Gasteiger partial charge is 0.468 e. The smallest absolute Gasteiger partial charge is 0.252 e. The Morgan fingerprint density at radius 1 is 1.06 bits per heavy atom. The highest BCUT2D eigenvalue weighted by atomic mass is 16.3.